The summed E-state index contributed by atoms with van der Waals surface area (Å²) in [5.41, 5.74) is 5.18. The largest absolute Gasteiger partial charge is 0.481 e. The van der Waals surface area contributed by atoms with Crippen molar-refractivity contribution in [2.75, 3.05) is 19.0 Å². The zero-order valence-corrected chi connectivity index (χ0v) is 10.8. The van der Waals surface area contributed by atoms with Crippen molar-refractivity contribution in [1.29, 1.82) is 0 Å². The van der Waals surface area contributed by atoms with E-state index >= 15 is 0 Å². The van der Waals surface area contributed by atoms with Crippen molar-refractivity contribution in [2.45, 2.75) is 19.3 Å². The number of carbonyl (C=O) groups excluding carboxylic acids is 1. The first-order valence-electron chi connectivity index (χ1n) is 5.70. The number of amides is 1. The summed E-state index contributed by atoms with van der Waals surface area (Å²) in [6.07, 6.45) is 2.62. The molecule has 1 saturated carbocycles. The smallest absolute Gasteiger partial charge is 0.234 e. The number of halogens is 1. The van der Waals surface area contributed by atoms with Crippen LogP contribution in [0.5, 0.6) is 5.88 Å². The summed E-state index contributed by atoms with van der Waals surface area (Å²) in [6, 6.07) is 1.47. The molecule has 1 aromatic heterocycles. The Labute approximate surface area is 110 Å². The van der Waals surface area contributed by atoms with E-state index in [1.165, 1.54) is 13.2 Å². The van der Waals surface area contributed by atoms with Crippen molar-refractivity contribution >= 4 is 23.5 Å². The molecule has 7 heteroatoms. The average Bonchev–Trinajstić information content (AvgIpc) is 2.27. The zero-order chi connectivity index (χ0) is 13.2. The molecule has 2 rings (SSSR count). The molecule has 6 nitrogen and oxygen atoms in total. The van der Waals surface area contributed by atoms with Crippen molar-refractivity contribution in [3.05, 3.63) is 11.2 Å². The SMILES string of the molecule is COc1cc(Cl)nc(NC(=O)C2(CN)CCC2)n1. The first-order chi connectivity index (χ1) is 8.59. The van der Waals surface area contributed by atoms with Gasteiger partial charge in [0, 0.05) is 12.6 Å². The first kappa shape index (κ1) is 13.0. The van der Waals surface area contributed by atoms with Crippen molar-refractivity contribution in [2.24, 2.45) is 11.1 Å². The third-order valence-corrected chi connectivity index (χ3v) is 3.48. The van der Waals surface area contributed by atoms with Crippen LogP contribution in [-0.4, -0.2) is 29.5 Å². The molecule has 0 atom stereocenters. The molecule has 0 unspecified atom stereocenters. The predicted octanol–water partition coefficient (Wildman–Crippen LogP) is 1.21. The minimum atomic E-state index is -0.473. The van der Waals surface area contributed by atoms with E-state index in [0.29, 0.717) is 12.4 Å². The fourth-order valence-corrected chi connectivity index (χ4v) is 2.09. The van der Waals surface area contributed by atoms with Gasteiger partial charge < -0.3 is 10.5 Å². The van der Waals surface area contributed by atoms with Gasteiger partial charge in [0.05, 0.1) is 12.5 Å². The van der Waals surface area contributed by atoms with Crippen molar-refractivity contribution in [1.82, 2.24) is 9.97 Å². The van der Waals surface area contributed by atoms with Crippen LogP contribution in [0.1, 0.15) is 19.3 Å². The number of carbonyl (C=O) groups is 1. The number of hydrogen-bond acceptors (Lipinski definition) is 5. The molecule has 0 radical (unpaired) electrons. The molecule has 1 aliphatic carbocycles. The summed E-state index contributed by atoms with van der Waals surface area (Å²) in [6.45, 7) is 0.330. The van der Waals surface area contributed by atoms with Crippen LogP contribution in [0.3, 0.4) is 0 Å². The predicted molar refractivity (Wildman–Crippen MR) is 67.6 cm³/mol. The lowest BCUT2D eigenvalue weighted by molar-refractivity contribution is -0.129. The first-order valence-corrected chi connectivity index (χ1v) is 6.07. The van der Waals surface area contributed by atoms with Gasteiger partial charge in [0.25, 0.3) is 0 Å². The van der Waals surface area contributed by atoms with E-state index in [1.54, 1.807) is 0 Å². The number of rotatable bonds is 4. The lowest BCUT2D eigenvalue weighted by Crippen LogP contribution is -2.47. The third-order valence-electron chi connectivity index (χ3n) is 3.29. The number of nitrogens with one attached hydrogen (secondary N) is 1. The van der Waals surface area contributed by atoms with Gasteiger partial charge in [0.1, 0.15) is 5.15 Å². The van der Waals surface area contributed by atoms with Crippen LogP contribution in [0.2, 0.25) is 5.15 Å². The molecule has 0 bridgehead atoms. The highest BCUT2D eigenvalue weighted by atomic mass is 35.5. The molecule has 1 fully saturated rings. The summed E-state index contributed by atoms with van der Waals surface area (Å²) < 4.78 is 4.96. The minimum absolute atomic E-state index is 0.143. The highest BCUT2D eigenvalue weighted by Gasteiger charge is 2.43. The zero-order valence-electron chi connectivity index (χ0n) is 10.1. The molecular formula is C11H15ClN4O2. The number of methoxy groups -OCH3 is 1. The molecule has 98 valence electrons. The molecular weight excluding hydrogens is 256 g/mol. The number of nitrogens with two attached hydrogens (primary N) is 1. The van der Waals surface area contributed by atoms with Gasteiger partial charge in [-0.2, -0.15) is 4.98 Å². The molecule has 0 aliphatic heterocycles. The van der Waals surface area contributed by atoms with E-state index < -0.39 is 5.41 Å². The normalized spacial score (nSPS) is 16.8. The number of hydrogen-bond donors (Lipinski definition) is 2. The molecule has 1 aliphatic rings. The van der Waals surface area contributed by atoms with Crippen LogP contribution in [-0.2, 0) is 4.79 Å². The standard InChI is InChI=1S/C11H15ClN4O2/c1-18-8-5-7(12)14-10(15-8)16-9(17)11(6-13)3-2-4-11/h5H,2-4,6,13H2,1H3,(H,14,15,16,17). The van der Waals surface area contributed by atoms with E-state index in [9.17, 15) is 4.79 Å². The monoisotopic (exact) mass is 270 g/mol. The van der Waals surface area contributed by atoms with E-state index in [4.69, 9.17) is 22.1 Å². The Morgan fingerprint density at radius 1 is 1.61 bits per heavy atom. The lowest BCUT2D eigenvalue weighted by Gasteiger charge is -2.38. The quantitative estimate of drug-likeness (QED) is 0.803. The summed E-state index contributed by atoms with van der Waals surface area (Å²) in [7, 11) is 1.47. The fraction of sp³-hybridized carbons (Fsp3) is 0.545. The number of nitrogens with zero attached hydrogens (tertiary/aromatic N) is 2. The van der Waals surface area contributed by atoms with Crippen LogP contribution in [0.4, 0.5) is 5.95 Å². The average molecular weight is 271 g/mol. The topological polar surface area (TPSA) is 90.1 Å². The Balaban J connectivity index is 2.13. The summed E-state index contributed by atoms with van der Waals surface area (Å²) in [5.74, 6) is 0.297. The summed E-state index contributed by atoms with van der Waals surface area (Å²) >= 11 is 5.80. The van der Waals surface area contributed by atoms with Crippen molar-refractivity contribution < 1.29 is 9.53 Å². The van der Waals surface area contributed by atoms with Crippen molar-refractivity contribution in [3.63, 3.8) is 0 Å². The maximum Gasteiger partial charge on any atom is 0.234 e. The maximum atomic E-state index is 12.1. The molecule has 0 spiro atoms. The summed E-state index contributed by atoms with van der Waals surface area (Å²) in [4.78, 5) is 20.0. The van der Waals surface area contributed by atoms with E-state index in [2.05, 4.69) is 15.3 Å². The van der Waals surface area contributed by atoms with Gasteiger partial charge in [-0.15, -0.1) is 0 Å². The van der Waals surface area contributed by atoms with E-state index in [0.717, 1.165) is 19.3 Å². The summed E-state index contributed by atoms with van der Waals surface area (Å²) in [5, 5.41) is 2.86. The van der Waals surface area contributed by atoms with E-state index in [1.807, 2.05) is 0 Å². The number of ether oxygens (including phenoxy) is 1. The van der Waals surface area contributed by atoms with E-state index in [-0.39, 0.29) is 17.0 Å². The molecule has 0 saturated heterocycles. The fourth-order valence-electron chi connectivity index (χ4n) is 1.92. The third kappa shape index (κ3) is 2.39. The molecule has 1 heterocycles. The second kappa shape index (κ2) is 5.07. The van der Waals surface area contributed by atoms with Crippen LogP contribution in [0.25, 0.3) is 0 Å². The number of anilines is 1. The van der Waals surface area contributed by atoms with Crippen LogP contribution in [0, 0.1) is 5.41 Å². The molecule has 0 aromatic carbocycles. The highest BCUT2D eigenvalue weighted by molar-refractivity contribution is 6.29. The Morgan fingerprint density at radius 3 is 2.83 bits per heavy atom. The Bertz CT molecular complexity index is 457. The molecule has 1 amide bonds. The van der Waals surface area contributed by atoms with Gasteiger partial charge in [-0.3, -0.25) is 10.1 Å². The van der Waals surface area contributed by atoms with Gasteiger partial charge >= 0.3 is 0 Å². The van der Waals surface area contributed by atoms with Crippen LogP contribution in [0.15, 0.2) is 6.07 Å². The van der Waals surface area contributed by atoms with Gasteiger partial charge in [-0.25, -0.2) is 4.98 Å². The second-order valence-corrected chi connectivity index (χ2v) is 4.74. The van der Waals surface area contributed by atoms with Gasteiger partial charge in [0.15, 0.2) is 0 Å². The van der Waals surface area contributed by atoms with Crippen LogP contribution < -0.4 is 15.8 Å². The van der Waals surface area contributed by atoms with Crippen molar-refractivity contribution in [3.8, 4) is 5.88 Å². The van der Waals surface area contributed by atoms with Gasteiger partial charge in [0.2, 0.25) is 17.7 Å². The second-order valence-electron chi connectivity index (χ2n) is 4.35. The highest BCUT2D eigenvalue weighted by Crippen LogP contribution is 2.40. The molecule has 3 N–H and O–H groups in total. The number of aromatic nitrogens is 2. The Morgan fingerprint density at radius 2 is 2.33 bits per heavy atom. The Hall–Kier alpha value is -1.40. The van der Waals surface area contributed by atoms with Crippen LogP contribution >= 0.6 is 11.6 Å². The lowest BCUT2D eigenvalue weighted by atomic mass is 9.68. The molecule has 18 heavy (non-hydrogen) atoms. The maximum absolute atomic E-state index is 12.1. The molecule has 1 aromatic rings. The Kier molecular flexibility index (Phi) is 3.68. The van der Waals surface area contributed by atoms with Gasteiger partial charge in [-0.05, 0) is 12.8 Å². The minimum Gasteiger partial charge on any atom is -0.481 e. The van der Waals surface area contributed by atoms with Gasteiger partial charge in [-0.1, -0.05) is 18.0 Å².